The molecule has 6 nitrogen and oxygen atoms in total. The summed E-state index contributed by atoms with van der Waals surface area (Å²) < 4.78 is 22.9. The normalized spacial score (nSPS) is 9.65. The third-order valence-corrected chi connectivity index (χ3v) is 6.32. The van der Waals surface area contributed by atoms with E-state index in [9.17, 15) is 14.1 Å². The summed E-state index contributed by atoms with van der Waals surface area (Å²) in [5, 5.41) is 0. The van der Waals surface area contributed by atoms with Gasteiger partial charge in [0.1, 0.15) is 5.75 Å². The van der Waals surface area contributed by atoms with Crippen molar-refractivity contribution in [1.82, 2.24) is 0 Å². The fourth-order valence-electron chi connectivity index (χ4n) is 4.48. The van der Waals surface area contributed by atoms with Crippen LogP contribution in [0.2, 0.25) is 0 Å². The summed E-state index contributed by atoms with van der Waals surface area (Å²) in [5.74, 6) is -0.438. The Morgan fingerprint density at radius 2 is 1.42 bits per heavy atom. The number of rotatable bonds is 17. The number of anilines is 1. The Morgan fingerprint density at radius 3 is 2.02 bits per heavy atom. The van der Waals surface area contributed by atoms with E-state index < -0.39 is 5.97 Å². The zero-order valence-electron chi connectivity index (χ0n) is 28.8. The van der Waals surface area contributed by atoms with Crippen LogP contribution >= 0.6 is 0 Å². The second-order valence-electron chi connectivity index (χ2n) is 9.53. The van der Waals surface area contributed by atoms with Crippen molar-refractivity contribution in [2.24, 2.45) is 0 Å². The highest BCUT2D eigenvalue weighted by Crippen LogP contribution is 2.27. The highest BCUT2D eigenvalue weighted by molar-refractivity contribution is 5.70. The predicted molar refractivity (Wildman–Crippen MR) is 179 cm³/mol. The minimum absolute atomic E-state index is 0.0486. The molecule has 0 N–H and O–H groups in total. The van der Waals surface area contributed by atoms with Crippen molar-refractivity contribution in [2.45, 2.75) is 120 Å². The molecule has 2 rings (SSSR count). The Labute approximate surface area is 262 Å². The van der Waals surface area contributed by atoms with Gasteiger partial charge in [-0.05, 0) is 93.3 Å². The average molecular weight is 606 g/mol. The van der Waals surface area contributed by atoms with E-state index >= 15 is 0 Å². The maximum Gasteiger partial charge on any atom is 0.348 e. The van der Waals surface area contributed by atoms with Gasteiger partial charge < -0.3 is 14.4 Å². The van der Waals surface area contributed by atoms with E-state index in [4.69, 9.17) is 9.47 Å². The van der Waals surface area contributed by atoms with E-state index in [1.807, 2.05) is 53.7 Å². The Kier molecular flexibility index (Phi) is 27.1. The van der Waals surface area contributed by atoms with Gasteiger partial charge in [-0.1, -0.05) is 72.6 Å². The van der Waals surface area contributed by atoms with E-state index in [0.29, 0.717) is 25.2 Å². The molecule has 0 aliphatic rings. The molecular formula is C36H60FNO5. The number of unbranched alkanes of at least 4 members (excludes halogenated alkanes) is 3. The van der Waals surface area contributed by atoms with E-state index in [2.05, 4.69) is 55.0 Å². The second kappa shape index (κ2) is 27.7. The monoisotopic (exact) mass is 605 g/mol. The predicted octanol–water partition coefficient (Wildman–Crippen LogP) is 9.70. The lowest BCUT2D eigenvalue weighted by molar-refractivity contribution is -0.183. The molecule has 43 heavy (non-hydrogen) atoms. The van der Waals surface area contributed by atoms with Crippen molar-refractivity contribution in [3.63, 3.8) is 0 Å². The number of ether oxygens (including phenoxy) is 2. The largest absolute Gasteiger partial charge is 0.493 e. The summed E-state index contributed by atoms with van der Waals surface area (Å²) in [6, 6.07) is 12.6. The van der Waals surface area contributed by atoms with Crippen LogP contribution in [0.5, 0.6) is 5.75 Å². The van der Waals surface area contributed by atoms with Gasteiger partial charge >= 0.3 is 11.9 Å². The molecule has 0 radical (unpaired) electrons. The van der Waals surface area contributed by atoms with Crippen LogP contribution in [-0.2, 0) is 32.1 Å². The Bertz CT molecular complexity index is 975. The molecule has 0 unspecified atom stereocenters. The first-order valence-electron chi connectivity index (χ1n) is 16.3. The number of halogens is 1. The van der Waals surface area contributed by atoms with Crippen LogP contribution in [0.25, 0.3) is 0 Å². The minimum atomic E-state index is -0.903. The molecule has 0 aromatic heterocycles. The quantitative estimate of drug-likeness (QED) is 0.132. The highest BCUT2D eigenvalue weighted by atomic mass is 19.3. The van der Waals surface area contributed by atoms with Gasteiger partial charge in [0.2, 0.25) is 0 Å². The van der Waals surface area contributed by atoms with Gasteiger partial charge in [0.05, 0.1) is 19.6 Å². The first-order chi connectivity index (χ1) is 20.8. The lowest BCUT2D eigenvalue weighted by atomic mass is 9.96. The summed E-state index contributed by atoms with van der Waals surface area (Å²) in [7, 11) is 2.15. The molecule has 0 heterocycles. The molecule has 0 atom stereocenters. The number of carbonyl (C=O) groups is 2. The Balaban J connectivity index is 0. The van der Waals surface area contributed by atoms with Crippen molar-refractivity contribution >= 4 is 17.6 Å². The molecule has 0 saturated carbocycles. The highest BCUT2D eigenvalue weighted by Gasteiger charge is 2.13. The standard InChI is InChI=1S/C30H42FNO5.3C2H6/c1-5-35-29(33)17-16-27-25(13-10-14-28(27)36-19-11-15-30(34)37-31)12-8-6-7-9-18-32(4)26-21-23(2)20-24(3)22-26;3*1-2/h10,13-14,20-22H,5-9,11-12,15-19H2,1-4H3;3*1-2H3. The fraction of sp³-hybridized carbons (Fsp3) is 0.611. The fourth-order valence-corrected chi connectivity index (χ4v) is 4.48. The lowest BCUT2D eigenvalue weighted by Gasteiger charge is -2.20. The van der Waals surface area contributed by atoms with Gasteiger partial charge in [-0.3, -0.25) is 9.74 Å². The molecule has 0 amide bonds. The molecule has 0 bridgehead atoms. The third kappa shape index (κ3) is 18.9. The number of benzene rings is 2. The molecule has 0 fully saturated rings. The van der Waals surface area contributed by atoms with Crippen LogP contribution in [0.15, 0.2) is 36.4 Å². The average Bonchev–Trinajstić information content (AvgIpc) is 3.02. The van der Waals surface area contributed by atoms with E-state index in [0.717, 1.165) is 49.8 Å². The van der Waals surface area contributed by atoms with Crippen molar-refractivity contribution in [2.75, 3.05) is 31.7 Å². The molecule has 0 aliphatic heterocycles. The summed E-state index contributed by atoms with van der Waals surface area (Å²) in [4.78, 5) is 28.5. The molecule has 246 valence electrons. The molecule has 2 aromatic carbocycles. The Hall–Kier alpha value is -3.09. The molecule has 0 aliphatic carbocycles. The number of carbonyl (C=O) groups excluding carboxylic acids is 2. The number of hydrogen-bond acceptors (Lipinski definition) is 6. The van der Waals surface area contributed by atoms with E-state index in [-0.39, 0.29) is 25.4 Å². The van der Waals surface area contributed by atoms with E-state index in [1.54, 1.807) is 6.92 Å². The summed E-state index contributed by atoms with van der Waals surface area (Å²) in [5.41, 5.74) is 6.00. The van der Waals surface area contributed by atoms with Crippen LogP contribution in [0.3, 0.4) is 0 Å². The SMILES string of the molecule is CC.CC.CC.CCOC(=O)CCc1c(CCCCCCN(C)c2cc(C)cc(C)c2)cccc1OCCCC(=O)OF. The van der Waals surface area contributed by atoms with Crippen LogP contribution in [0.4, 0.5) is 10.2 Å². The first-order valence-corrected chi connectivity index (χ1v) is 16.3. The van der Waals surface area contributed by atoms with Crippen molar-refractivity contribution in [3.8, 4) is 5.75 Å². The maximum atomic E-state index is 12.0. The molecule has 0 saturated heterocycles. The number of hydrogen-bond donors (Lipinski definition) is 0. The Morgan fingerprint density at radius 1 is 0.791 bits per heavy atom. The topological polar surface area (TPSA) is 65.1 Å². The number of nitrogens with zero attached hydrogens (tertiary/aromatic N) is 1. The third-order valence-electron chi connectivity index (χ3n) is 6.32. The van der Waals surface area contributed by atoms with Crippen molar-refractivity contribution in [1.29, 1.82) is 0 Å². The van der Waals surface area contributed by atoms with Crippen LogP contribution < -0.4 is 9.64 Å². The molecule has 0 spiro atoms. The smallest absolute Gasteiger partial charge is 0.348 e. The van der Waals surface area contributed by atoms with Gasteiger partial charge in [-0.2, -0.15) is 0 Å². The van der Waals surface area contributed by atoms with Crippen LogP contribution in [-0.4, -0.2) is 38.7 Å². The zero-order valence-corrected chi connectivity index (χ0v) is 28.8. The van der Waals surface area contributed by atoms with Gasteiger partial charge in [0.15, 0.2) is 0 Å². The first kappa shape index (κ1) is 42.0. The molecular weight excluding hydrogens is 545 g/mol. The van der Waals surface area contributed by atoms with Crippen molar-refractivity contribution in [3.05, 3.63) is 58.7 Å². The lowest BCUT2D eigenvalue weighted by Crippen LogP contribution is -2.18. The van der Waals surface area contributed by atoms with Crippen LogP contribution in [0, 0.1) is 13.8 Å². The summed E-state index contributed by atoms with van der Waals surface area (Å²) in [6.07, 6.45) is 6.44. The van der Waals surface area contributed by atoms with Gasteiger partial charge in [-0.25, -0.2) is 4.79 Å². The number of aryl methyl sites for hydroxylation is 3. The molecule has 2 aromatic rings. The molecule has 7 heteroatoms. The number of esters is 1. The van der Waals surface area contributed by atoms with E-state index in [1.165, 1.54) is 16.8 Å². The minimum Gasteiger partial charge on any atom is -0.493 e. The zero-order chi connectivity index (χ0) is 33.0. The van der Waals surface area contributed by atoms with Gasteiger partial charge in [0.25, 0.3) is 0 Å². The maximum absolute atomic E-state index is 12.0. The van der Waals surface area contributed by atoms with Gasteiger partial charge in [0, 0.05) is 30.2 Å². The van der Waals surface area contributed by atoms with Crippen molar-refractivity contribution < 1.29 is 28.5 Å². The summed E-state index contributed by atoms with van der Waals surface area (Å²) in [6.45, 7) is 19.7. The van der Waals surface area contributed by atoms with Gasteiger partial charge in [-0.15, -0.1) is 0 Å². The van der Waals surface area contributed by atoms with Crippen LogP contribution in [0.1, 0.15) is 116 Å². The second-order valence-corrected chi connectivity index (χ2v) is 9.53. The summed E-state index contributed by atoms with van der Waals surface area (Å²) >= 11 is 0.